The van der Waals surface area contributed by atoms with Crippen molar-refractivity contribution in [1.82, 2.24) is 14.3 Å². The highest BCUT2D eigenvalue weighted by molar-refractivity contribution is 7.92. The van der Waals surface area contributed by atoms with Gasteiger partial charge >= 0.3 is 0 Å². The second kappa shape index (κ2) is 8.32. The molecule has 5 rings (SSSR count). The largest absolute Gasteiger partial charge is 0.353 e. The molecule has 2 unspecified atom stereocenters. The van der Waals surface area contributed by atoms with E-state index >= 15 is 0 Å². The van der Waals surface area contributed by atoms with Crippen molar-refractivity contribution in [2.45, 2.75) is 45.1 Å². The van der Waals surface area contributed by atoms with Crippen molar-refractivity contribution >= 4 is 41.0 Å². The van der Waals surface area contributed by atoms with Gasteiger partial charge in [0.2, 0.25) is 6.41 Å². The molecule has 0 radical (unpaired) electrons. The molecule has 2 aliphatic carbocycles. The van der Waals surface area contributed by atoms with Crippen molar-refractivity contribution in [3.05, 3.63) is 53.3 Å². The van der Waals surface area contributed by atoms with Gasteiger partial charge in [-0.1, -0.05) is 18.6 Å². The summed E-state index contributed by atoms with van der Waals surface area (Å²) in [5.74, 6) is 0.736. The van der Waals surface area contributed by atoms with Crippen molar-refractivity contribution in [2.24, 2.45) is 5.92 Å². The molecule has 1 N–H and O–H groups in total. The first-order valence-corrected chi connectivity index (χ1v) is 11.3. The van der Waals surface area contributed by atoms with Gasteiger partial charge in [0.15, 0.2) is 12.3 Å². The summed E-state index contributed by atoms with van der Waals surface area (Å²) in [5, 5.41) is 4.07. The van der Waals surface area contributed by atoms with Crippen LogP contribution >= 0.6 is 23.7 Å². The van der Waals surface area contributed by atoms with Crippen LogP contribution in [-0.2, 0) is 4.79 Å². The predicted octanol–water partition coefficient (Wildman–Crippen LogP) is 6.08. The minimum Gasteiger partial charge on any atom is -0.353 e. The summed E-state index contributed by atoms with van der Waals surface area (Å²) in [4.78, 5) is 15.6. The molecule has 2 bridgehead atoms. The van der Waals surface area contributed by atoms with Crippen molar-refractivity contribution < 1.29 is 8.68 Å². The summed E-state index contributed by atoms with van der Waals surface area (Å²) in [6, 6.07) is 6.05. The van der Waals surface area contributed by atoms with Crippen molar-refractivity contribution in [2.75, 3.05) is 0 Å². The normalized spacial score (nSPS) is 22.7. The first-order valence-electron chi connectivity index (χ1n) is 9.72. The van der Waals surface area contributed by atoms with Crippen LogP contribution in [0.1, 0.15) is 38.2 Å². The maximum Gasteiger partial charge on any atom is 0.207 e. The van der Waals surface area contributed by atoms with Crippen molar-refractivity contribution in [1.29, 1.82) is 0 Å². The van der Waals surface area contributed by atoms with Gasteiger partial charge in [0, 0.05) is 23.3 Å². The Morgan fingerprint density at radius 3 is 3.03 bits per heavy atom. The highest BCUT2D eigenvalue weighted by atomic mass is 32.2. The number of nitrogens with one attached hydrogen (secondary N) is 1. The summed E-state index contributed by atoms with van der Waals surface area (Å²) < 4.78 is 14.3. The number of fused-ring (bicyclic) bond motifs is 3. The van der Waals surface area contributed by atoms with E-state index in [0.717, 1.165) is 58.5 Å². The third-order valence-electron chi connectivity index (χ3n) is 5.83. The first-order chi connectivity index (χ1) is 14.0. The minimum absolute atomic E-state index is 0.106. The fourth-order valence-corrected chi connectivity index (χ4v) is 5.62. The zero-order valence-electron chi connectivity index (χ0n) is 16.5. The molecule has 1 amide bonds. The molecule has 152 valence electrons. The zero-order chi connectivity index (χ0) is 20.4. The van der Waals surface area contributed by atoms with Crippen LogP contribution in [0.15, 0.2) is 47.8 Å². The Labute approximate surface area is 178 Å². The summed E-state index contributed by atoms with van der Waals surface area (Å²) in [5.41, 5.74) is 6.60. The Balaban J connectivity index is 0.000000150. The number of aromatic nitrogens is 2. The second-order valence-electron chi connectivity index (χ2n) is 8.10. The van der Waals surface area contributed by atoms with Crippen LogP contribution in [0.5, 0.6) is 0 Å². The Bertz CT molecular complexity index is 1040. The topological polar surface area (TPSA) is 46.9 Å². The molecule has 2 aliphatic rings. The summed E-state index contributed by atoms with van der Waals surface area (Å²) in [6.45, 7) is 4.31. The molecule has 1 fully saturated rings. The van der Waals surface area contributed by atoms with Gasteiger partial charge in [-0.15, -0.1) is 15.2 Å². The van der Waals surface area contributed by atoms with Crippen LogP contribution in [0, 0.1) is 12.8 Å². The van der Waals surface area contributed by atoms with E-state index in [-0.39, 0.29) is 17.9 Å². The Morgan fingerprint density at radius 2 is 2.31 bits per heavy atom. The lowest BCUT2D eigenvalue weighted by atomic mass is 9.78. The third-order valence-corrected chi connectivity index (χ3v) is 7.12. The van der Waals surface area contributed by atoms with E-state index in [1.54, 1.807) is 28.6 Å². The molecule has 0 saturated heterocycles. The molecule has 0 spiro atoms. The molecule has 2 aromatic heterocycles. The monoisotopic (exact) mass is 429 g/mol. The van der Waals surface area contributed by atoms with Crippen LogP contribution in [0.4, 0.5) is 3.89 Å². The number of hydrogen-bond donors (Lipinski definition) is 1. The SMILES string of the molecule is CC1CC2=CCC(NC=O)(C2)C1.Cc1cc(-c2cncs2)cc2c1ccn2SF. The fourth-order valence-electron chi connectivity index (χ4n) is 4.67. The maximum absolute atomic E-state index is 12.8. The second-order valence-corrected chi connectivity index (χ2v) is 9.52. The lowest BCUT2D eigenvalue weighted by Crippen LogP contribution is -2.45. The number of benzene rings is 1. The molecule has 7 heteroatoms. The molecular formula is C22H24FN3OS2. The number of carbonyl (C=O) groups is 1. The Kier molecular flexibility index (Phi) is 5.79. The van der Waals surface area contributed by atoms with E-state index in [1.807, 2.05) is 25.3 Å². The minimum atomic E-state index is 0.106. The highest BCUT2D eigenvalue weighted by Gasteiger charge is 2.39. The summed E-state index contributed by atoms with van der Waals surface area (Å²) in [6.07, 6.45) is 11.3. The van der Waals surface area contributed by atoms with Crippen LogP contribution in [0.3, 0.4) is 0 Å². The Hall–Kier alpha value is -2.12. The summed E-state index contributed by atoms with van der Waals surface area (Å²) in [7, 11) is 0. The third kappa shape index (κ3) is 4.12. The van der Waals surface area contributed by atoms with Crippen LogP contribution in [-0.4, -0.2) is 20.9 Å². The van der Waals surface area contributed by atoms with E-state index in [2.05, 4.69) is 29.4 Å². The molecular weight excluding hydrogens is 405 g/mol. The number of nitrogens with zero attached hydrogens (tertiary/aromatic N) is 2. The number of rotatable bonds is 4. The average Bonchev–Trinajstić information content (AvgIpc) is 3.41. The standard InChI is InChI=1S/C12H9FN2S2.C10H15NO/c1-8-4-9(12-6-14-7-16-12)5-11-10(8)2-3-15(11)17-13;1-8-4-9-2-3-10(5-8,6-9)11-7-12/h2-7H,1H3;2,7-8H,3-6H2,1H3,(H,11,12). The van der Waals surface area contributed by atoms with E-state index in [4.69, 9.17) is 0 Å². The number of halogens is 1. The molecule has 2 heterocycles. The van der Waals surface area contributed by atoms with Crippen molar-refractivity contribution in [3.8, 4) is 10.4 Å². The number of hydrogen-bond acceptors (Lipinski definition) is 4. The van der Waals surface area contributed by atoms with Crippen LogP contribution in [0.25, 0.3) is 21.3 Å². The van der Waals surface area contributed by atoms with Gasteiger partial charge in [-0.2, -0.15) is 0 Å². The fraction of sp³-hybridized carbons (Fsp3) is 0.364. The number of aryl methyl sites for hydroxylation is 1. The van der Waals surface area contributed by atoms with Crippen molar-refractivity contribution in [3.63, 3.8) is 0 Å². The van der Waals surface area contributed by atoms with E-state index < -0.39 is 0 Å². The molecule has 2 atom stereocenters. The molecule has 1 saturated carbocycles. The quantitative estimate of drug-likeness (QED) is 0.404. The highest BCUT2D eigenvalue weighted by Crippen LogP contribution is 2.43. The smallest absolute Gasteiger partial charge is 0.207 e. The van der Waals surface area contributed by atoms with Gasteiger partial charge in [-0.25, -0.2) is 0 Å². The molecule has 29 heavy (non-hydrogen) atoms. The van der Waals surface area contributed by atoms with E-state index in [1.165, 1.54) is 10.4 Å². The van der Waals surface area contributed by atoms with Gasteiger partial charge < -0.3 is 5.32 Å². The number of amides is 1. The van der Waals surface area contributed by atoms with E-state index in [9.17, 15) is 8.68 Å². The molecule has 4 nitrogen and oxygen atoms in total. The van der Waals surface area contributed by atoms with Crippen LogP contribution < -0.4 is 5.32 Å². The lowest BCUT2D eigenvalue weighted by Gasteiger charge is -2.35. The first kappa shape index (κ1) is 20.2. The van der Waals surface area contributed by atoms with Gasteiger partial charge in [0.25, 0.3) is 0 Å². The average molecular weight is 430 g/mol. The number of carbonyl (C=O) groups excluding carboxylic acids is 1. The van der Waals surface area contributed by atoms with Crippen LogP contribution in [0.2, 0.25) is 0 Å². The molecule has 3 aromatic rings. The number of thiazole rings is 1. The van der Waals surface area contributed by atoms with Gasteiger partial charge in [0.1, 0.15) is 0 Å². The van der Waals surface area contributed by atoms with Gasteiger partial charge in [-0.3, -0.25) is 13.8 Å². The van der Waals surface area contributed by atoms with E-state index in [0.29, 0.717) is 0 Å². The molecule has 0 aliphatic heterocycles. The summed E-state index contributed by atoms with van der Waals surface area (Å²) >= 11 is 1.81. The molecule has 1 aromatic carbocycles. The van der Waals surface area contributed by atoms with Gasteiger partial charge in [0.05, 0.1) is 15.9 Å². The maximum atomic E-state index is 12.8. The Morgan fingerprint density at radius 1 is 1.45 bits per heavy atom. The lowest BCUT2D eigenvalue weighted by molar-refractivity contribution is -0.111. The zero-order valence-corrected chi connectivity index (χ0v) is 18.2. The van der Waals surface area contributed by atoms with Gasteiger partial charge in [-0.05, 0) is 67.9 Å². The predicted molar refractivity (Wildman–Crippen MR) is 120 cm³/mol.